The molecule has 0 fully saturated rings. The minimum Gasteiger partial charge on any atom is -0.387 e. The second-order valence-electron chi connectivity index (χ2n) is 16.7. The predicted molar refractivity (Wildman–Crippen MR) is 240 cm³/mol. The second-order valence-corrected chi connectivity index (χ2v) is 18.1. The highest BCUT2D eigenvalue weighted by Gasteiger charge is 2.26. The van der Waals surface area contributed by atoms with E-state index in [0.717, 1.165) is 38.5 Å². The third kappa shape index (κ3) is 41.4. The van der Waals surface area contributed by atoms with Crippen LogP contribution in [0.25, 0.3) is 0 Å². The Morgan fingerprint density at radius 2 is 0.911 bits per heavy atom. The zero-order chi connectivity index (χ0) is 41.1. The van der Waals surface area contributed by atoms with E-state index in [9.17, 15) is 19.4 Å². The number of hydrogen-bond acceptors (Lipinski definition) is 6. The maximum absolute atomic E-state index is 12.8. The normalized spacial score (nSPS) is 14.0. The summed E-state index contributed by atoms with van der Waals surface area (Å²) in [6, 6.07) is -0.854. The summed E-state index contributed by atoms with van der Waals surface area (Å²) in [5.41, 5.74) is 5.37. The highest BCUT2D eigenvalue weighted by Crippen LogP contribution is 2.43. The van der Waals surface area contributed by atoms with Crippen LogP contribution in [-0.2, 0) is 18.4 Å². The highest BCUT2D eigenvalue weighted by molar-refractivity contribution is 7.47. The molecule has 9 heteroatoms. The highest BCUT2D eigenvalue weighted by atomic mass is 31.2. The molecule has 0 aliphatic carbocycles. The molecule has 0 saturated heterocycles. The maximum Gasteiger partial charge on any atom is 0.472 e. The summed E-state index contributed by atoms with van der Waals surface area (Å²) in [4.78, 5) is 22.7. The van der Waals surface area contributed by atoms with E-state index in [1.165, 1.54) is 193 Å². The zero-order valence-corrected chi connectivity index (χ0v) is 38.0. The minimum absolute atomic E-state index is 0.0812. The minimum atomic E-state index is -4.33. The Kier molecular flexibility index (Phi) is 43.2. The SMILES string of the molecule is CCCCCCCCCC/C=C/[C@@H](O)[C@H](COP(=O)(O)OCCN)NC(=O)CCCCCCCCCCCCCCCCCCCCCCCCCCCCC. The van der Waals surface area contributed by atoms with Gasteiger partial charge in [-0.1, -0.05) is 238 Å². The van der Waals surface area contributed by atoms with Gasteiger partial charge in [0.2, 0.25) is 5.91 Å². The lowest BCUT2D eigenvalue weighted by Crippen LogP contribution is -2.45. The third-order valence-electron chi connectivity index (χ3n) is 11.1. The fourth-order valence-corrected chi connectivity index (χ4v) is 8.19. The second kappa shape index (κ2) is 43.8. The van der Waals surface area contributed by atoms with Crippen molar-refractivity contribution < 1.29 is 28.4 Å². The number of aliphatic hydroxyl groups excluding tert-OH is 1. The number of hydrogen-bond donors (Lipinski definition) is 4. The molecule has 0 aromatic carbocycles. The van der Waals surface area contributed by atoms with E-state index in [-0.39, 0.29) is 25.7 Å². The number of phosphoric ester groups is 1. The van der Waals surface area contributed by atoms with Crippen molar-refractivity contribution >= 4 is 13.7 Å². The van der Waals surface area contributed by atoms with Crippen LogP contribution in [0.4, 0.5) is 0 Å². The van der Waals surface area contributed by atoms with E-state index >= 15 is 0 Å². The summed E-state index contributed by atoms with van der Waals surface area (Å²) < 4.78 is 22.1. The first kappa shape index (κ1) is 55.2. The molecule has 0 rings (SSSR count). The van der Waals surface area contributed by atoms with Crippen LogP contribution in [0, 0.1) is 0 Å². The molecule has 3 atom stereocenters. The quantitative estimate of drug-likeness (QED) is 0.0273. The number of phosphoric acid groups is 1. The van der Waals surface area contributed by atoms with Crippen molar-refractivity contribution in [2.24, 2.45) is 5.73 Å². The molecule has 56 heavy (non-hydrogen) atoms. The van der Waals surface area contributed by atoms with Crippen LogP contribution in [0.3, 0.4) is 0 Å². The summed E-state index contributed by atoms with van der Waals surface area (Å²) in [6.07, 6.45) is 50.1. The lowest BCUT2D eigenvalue weighted by atomic mass is 10.0. The van der Waals surface area contributed by atoms with Crippen molar-refractivity contribution in [2.45, 2.75) is 264 Å². The molecule has 0 bridgehead atoms. The first-order valence-electron chi connectivity index (χ1n) is 24.3. The Morgan fingerprint density at radius 1 is 0.571 bits per heavy atom. The van der Waals surface area contributed by atoms with Gasteiger partial charge in [-0.2, -0.15) is 0 Å². The summed E-state index contributed by atoms with van der Waals surface area (Å²) in [7, 11) is -4.33. The molecule has 1 unspecified atom stereocenters. The zero-order valence-electron chi connectivity index (χ0n) is 37.1. The van der Waals surface area contributed by atoms with E-state index in [2.05, 4.69) is 19.2 Å². The summed E-state index contributed by atoms with van der Waals surface area (Å²) in [5.74, 6) is -0.190. The first-order chi connectivity index (χ1) is 27.4. The number of carbonyl (C=O) groups is 1. The van der Waals surface area contributed by atoms with Gasteiger partial charge in [0.15, 0.2) is 0 Å². The number of aliphatic hydroxyl groups is 1. The van der Waals surface area contributed by atoms with Crippen molar-refractivity contribution in [2.75, 3.05) is 19.8 Å². The van der Waals surface area contributed by atoms with Gasteiger partial charge < -0.3 is 21.1 Å². The van der Waals surface area contributed by atoms with E-state index in [0.29, 0.717) is 6.42 Å². The van der Waals surface area contributed by atoms with Gasteiger partial charge in [0.25, 0.3) is 0 Å². The van der Waals surface area contributed by atoms with Crippen LogP contribution in [0.1, 0.15) is 251 Å². The Labute approximate surface area is 347 Å². The summed E-state index contributed by atoms with van der Waals surface area (Å²) in [6.45, 7) is 4.14. The largest absolute Gasteiger partial charge is 0.472 e. The molecule has 0 aromatic heterocycles. The lowest BCUT2D eigenvalue weighted by Gasteiger charge is -2.23. The standard InChI is InChI=1S/C47H95N2O6P/c1-3-5-7-9-11-13-15-16-17-18-19-20-21-22-23-24-25-26-27-28-29-30-31-33-35-37-39-41-47(51)49-45(44-55-56(52,53)54-43-42-48)46(50)40-38-36-34-32-14-12-10-8-6-4-2/h38,40,45-46,50H,3-37,39,41-44,48H2,1-2H3,(H,49,51)(H,52,53)/b40-38+/t45-,46+/m0/s1. The van der Waals surface area contributed by atoms with Gasteiger partial charge in [0.1, 0.15) is 0 Å². The smallest absolute Gasteiger partial charge is 0.387 e. The first-order valence-corrected chi connectivity index (χ1v) is 25.8. The molecule has 334 valence electrons. The van der Waals surface area contributed by atoms with E-state index < -0.39 is 20.0 Å². The number of amides is 1. The monoisotopic (exact) mass is 815 g/mol. The molecular weight excluding hydrogens is 719 g/mol. The summed E-state index contributed by atoms with van der Waals surface area (Å²) >= 11 is 0. The number of rotatable bonds is 46. The molecule has 0 spiro atoms. The number of carbonyl (C=O) groups excluding carboxylic acids is 1. The average molecular weight is 815 g/mol. The Bertz CT molecular complexity index is 891. The van der Waals surface area contributed by atoms with Gasteiger partial charge in [-0.25, -0.2) is 4.57 Å². The van der Waals surface area contributed by atoms with Crippen LogP contribution in [0.2, 0.25) is 0 Å². The molecule has 1 amide bonds. The van der Waals surface area contributed by atoms with Crippen LogP contribution in [0.5, 0.6) is 0 Å². The molecule has 0 radical (unpaired) electrons. The molecule has 0 saturated carbocycles. The molecule has 0 aliphatic rings. The molecular formula is C47H95N2O6P. The Balaban J connectivity index is 3.88. The molecule has 8 nitrogen and oxygen atoms in total. The topological polar surface area (TPSA) is 131 Å². The molecule has 0 heterocycles. The van der Waals surface area contributed by atoms with E-state index in [4.69, 9.17) is 14.8 Å². The van der Waals surface area contributed by atoms with Crippen LogP contribution >= 0.6 is 7.82 Å². The van der Waals surface area contributed by atoms with Crippen molar-refractivity contribution in [1.29, 1.82) is 0 Å². The third-order valence-corrected chi connectivity index (χ3v) is 12.1. The van der Waals surface area contributed by atoms with Gasteiger partial charge in [-0.05, 0) is 19.3 Å². The fourth-order valence-electron chi connectivity index (χ4n) is 7.43. The summed E-state index contributed by atoms with van der Waals surface area (Å²) in [5, 5.41) is 13.6. The molecule has 0 aromatic rings. The lowest BCUT2D eigenvalue weighted by molar-refractivity contribution is -0.123. The Morgan fingerprint density at radius 3 is 1.27 bits per heavy atom. The van der Waals surface area contributed by atoms with Crippen LogP contribution in [-0.4, -0.2) is 47.8 Å². The van der Waals surface area contributed by atoms with Crippen molar-refractivity contribution in [3.05, 3.63) is 12.2 Å². The van der Waals surface area contributed by atoms with Gasteiger partial charge in [0, 0.05) is 13.0 Å². The maximum atomic E-state index is 12.8. The van der Waals surface area contributed by atoms with Crippen molar-refractivity contribution in [1.82, 2.24) is 5.32 Å². The number of nitrogens with two attached hydrogens (primary N) is 1. The Hall–Kier alpha value is -0.760. The average Bonchev–Trinajstić information content (AvgIpc) is 3.19. The van der Waals surface area contributed by atoms with Crippen LogP contribution in [0.15, 0.2) is 12.2 Å². The van der Waals surface area contributed by atoms with Gasteiger partial charge in [0.05, 0.1) is 25.4 Å². The van der Waals surface area contributed by atoms with Crippen molar-refractivity contribution in [3.63, 3.8) is 0 Å². The fraction of sp³-hybridized carbons (Fsp3) is 0.936. The van der Waals surface area contributed by atoms with Gasteiger partial charge in [-0.15, -0.1) is 0 Å². The van der Waals surface area contributed by atoms with E-state index in [1.807, 2.05) is 6.08 Å². The van der Waals surface area contributed by atoms with Gasteiger partial charge >= 0.3 is 7.82 Å². The van der Waals surface area contributed by atoms with Gasteiger partial charge in [-0.3, -0.25) is 13.8 Å². The number of allylic oxidation sites excluding steroid dienone is 1. The molecule has 0 aliphatic heterocycles. The van der Waals surface area contributed by atoms with E-state index in [1.54, 1.807) is 6.08 Å². The predicted octanol–water partition coefficient (Wildman–Crippen LogP) is 14.0. The van der Waals surface area contributed by atoms with Crippen molar-refractivity contribution in [3.8, 4) is 0 Å². The van der Waals surface area contributed by atoms with Crippen LogP contribution < -0.4 is 11.1 Å². The molecule has 5 N–H and O–H groups in total. The number of unbranched alkanes of at least 4 members (excludes halogenated alkanes) is 34. The number of nitrogens with one attached hydrogen (secondary N) is 1.